The molecule has 0 saturated heterocycles. The van der Waals surface area contributed by atoms with Gasteiger partial charge in [-0.15, -0.1) is 0 Å². The zero-order valence-electron chi connectivity index (χ0n) is 13.7. The van der Waals surface area contributed by atoms with Crippen molar-refractivity contribution in [3.8, 4) is 0 Å². The van der Waals surface area contributed by atoms with Gasteiger partial charge >= 0.3 is 0 Å². The fourth-order valence-electron chi connectivity index (χ4n) is 3.42. The maximum Gasteiger partial charge on any atom is 0.272 e. The second-order valence-corrected chi connectivity index (χ2v) is 6.86. The van der Waals surface area contributed by atoms with Crippen LogP contribution in [0.1, 0.15) is 49.1 Å². The molecule has 126 valence electrons. The number of nitrogens with one attached hydrogen (secondary N) is 1. The Labute approximate surface area is 147 Å². The van der Waals surface area contributed by atoms with Crippen LogP contribution in [0.2, 0.25) is 5.02 Å². The molecule has 0 bridgehead atoms. The molecule has 24 heavy (non-hydrogen) atoms. The van der Waals surface area contributed by atoms with E-state index in [1.807, 2.05) is 6.07 Å². The maximum atomic E-state index is 10.9. The molecule has 0 heterocycles. The molecule has 5 heteroatoms. The monoisotopic (exact) mass is 344 g/mol. The van der Waals surface area contributed by atoms with E-state index >= 15 is 0 Å². The molecule has 1 N–H and O–H groups in total. The number of hydrogen-bond acceptors (Lipinski definition) is 3. The lowest BCUT2D eigenvalue weighted by Crippen LogP contribution is -2.04. The Morgan fingerprint density at radius 1 is 1.12 bits per heavy atom. The number of nitrogens with zero attached hydrogens (tertiary/aromatic N) is 1. The van der Waals surface area contributed by atoms with E-state index in [9.17, 15) is 10.1 Å². The quantitative estimate of drug-likeness (QED) is 0.519. The number of halogens is 1. The number of hydrogen-bond donors (Lipinski definition) is 1. The van der Waals surface area contributed by atoms with Crippen LogP contribution in [0.25, 0.3) is 0 Å². The third kappa shape index (κ3) is 3.70. The molecule has 0 aromatic heterocycles. The summed E-state index contributed by atoms with van der Waals surface area (Å²) in [5.41, 5.74) is 3.68. The van der Waals surface area contributed by atoms with Crippen LogP contribution in [0.3, 0.4) is 0 Å². The van der Waals surface area contributed by atoms with Gasteiger partial charge in [0.1, 0.15) is 0 Å². The van der Waals surface area contributed by atoms with Crippen molar-refractivity contribution in [3.05, 3.63) is 62.7 Å². The molecule has 2 aromatic carbocycles. The summed E-state index contributed by atoms with van der Waals surface area (Å²) in [5.74, 6) is 0.618. The summed E-state index contributed by atoms with van der Waals surface area (Å²) in [7, 11) is 0. The first-order chi connectivity index (χ1) is 11.5. The van der Waals surface area contributed by atoms with E-state index in [2.05, 4.69) is 17.4 Å². The lowest BCUT2D eigenvalue weighted by atomic mass is 9.84. The topological polar surface area (TPSA) is 55.2 Å². The zero-order chi connectivity index (χ0) is 17.1. The molecule has 1 aliphatic rings. The van der Waals surface area contributed by atoms with E-state index in [1.165, 1.54) is 43.7 Å². The molecule has 1 aliphatic carbocycles. The molecule has 0 spiro atoms. The van der Waals surface area contributed by atoms with Gasteiger partial charge in [-0.3, -0.25) is 10.1 Å². The number of nitro groups is 1. The van der Waals surface area contributed by atoms with Crippen molar-refractivity contribution in [2.45, 2.75) is 44.9 Å². The maximum absolute atomic E-state index is 10.9. The first-order valence-corrected chi connectivity index (χ1v) is 8.74. The SMILES string of the molecule is Cc1cc(Nc2ccc(C3CCCCC3)cc2Cl)ccc1[N+](=O)[O-]. The van der Waals surface area contributed by atoms with Crippen molar-refractivity contribution < 1.29 is 4.92 Å². The highest BCUT2D eigenvalue weighted by molar-refractivity contribution is 6.33. The predicted octanol–water partition coefficient (Wildman–Crippen LogP) is 6.35. The van der Waals surface area contributed by atoms with Gasteiger partial charge in [0.25, 0.3) is 5.69 Å². The van der Waals surface area contributed by atoms with E-state index in [0.29, 0.717) is 16.5 Å². The highest BCUT2D eigenvalue weighted by Crippen LogP contribution is 2.36. The highest BCUT2D eigenvalue weighted by Gasteiger charge is 2.17. The van der Waals surface area contributed by atoms with Crippen molar-refractivity contribution >= 4 is 28.7 Å². The minimum Gasteiger partial charge on any atom is -0.354 e. The normalized spacial score (nSPS) is 15.2. The average Bonchev–Trinajstić information content (AvgIpc) is 2.57. The van der Waals surface area contributed by atoms with Crippen LogP contribution in [0.4, 0.5) is 17.1 Å². The van der Waals surface area contributed by atoms with Gasteiger partial charge in [-0.2, -0.15) is 0 Å². The molecule has 3 rings (SSSR count). The number of anilines is 2. The number of rotatable bonds is 4. The Bertz CT molecular complexity index is 755. The van der Waals surface area contributed by atoms with Gasteiger partial charge in [0.2, 0.25) is 0 Å². The van der Waals surface area contributed by atoms with E-state index in [4.69, 9.17) is 11.6 Å². The molecule has 4 nitrogen and oxygen atoms in total. The summed E-state index contributed by atoms with van der Waals surface area (Å²) in [6.45, 7) is 1.73. The summed E-state index contributed by atoms with van der Waals surface area (Å²) in [5, 5.41) is 14.8. The minimum atomic E-state index is -0.370. The van der Waals surface area contributed by atoms with Crippen molar-refractivity contribution in [2.75, 3.05) is 5.32 Å². The fourth-order valence-corrected chi connectivity index (χ4v) is 3.65. The molecule has 0 radical (unpaired) electrons. The van der Waals surface area contributed by atoms with Crippen LogP contribution in [0.15, 0.2) is 36.4 Å². The van der Waals surface area contributed by atoms with Crippen LogP contribution in [-0.2, 0) is 0 Å². The van der Waals surface area contributed by atoms with Gasteiger partial charge in [0.05, 0.1) is 15.6 Å². The summed E-state index contributed by atoms with van der Waals surface area (Å²) in [6, 6.07) is 11.2. The van der Waals surface area contributed by atoms with Crippen LogP contribution in [0.5, 0.6) is 0 Å². The Morgan fingerprint density at radius 2 is 1.88 bits per heavy atom. The Balaban J connectivity index is 1.78. The van der Waals surface area contributed by atoms with Gasteiger partial charge in [0.15, 0.2) is 0 Å². The van der Waals surface area contributed by atoms with Crippen LogP contribution in [-0.4, -0.2) is 4.92 Å². The molecule has 2 aromatic rings. The molecule has 0 amide bonds. The molecule has 1 fully saturated rings. The van der Waals surface area contributed by atoms with Crippen LogP contribution < -0.4 is 5.32 Å². The van der Waals surface area contributed by atoms with Gasteiger partial charge in [-0.1, -0.05) is 36.9 Å². The second-order valence-electron chi connectivity index (χ2n) is 6.46. The zero-order valence-corrected chi connectivity index (χ0v) is 14.5. The summed E-state index contributed by atoms with van der Waals surface area (Å²) >= 11 is 6.45. The molecule has 1 saturated carbocycles. The lowest BCUT2D eigenvalue weighted by molar-refractivity contribution is -0.385. The smallest absolute Gasteiger partial charge is 0.272 e. The Kier molecular flexibility index (Phi) is 5.05. The molecule has 0 aliphatic heterocycles. The first kappa shape index (κ1) is 16.8. The van der Waals surface area contributed by atoms with Gasteiger partial charge in [-0.25, -0.2) is 0 Å². The molecule has 0 atom stereocenters. The molecule has 0 unspecified atom stereocenters. The van der Waals surface area contributed by atoms with E-state index < -0.39 is 0 Å². The van der Waals surface area contributed by atoms with E-state index in [1.54, 1.807) is 19.1 Å². The Morgan fingerprint density at radius 3 is 2.50 bits per heavy atom. The fraction of sp³-hybridized carbons (Fsp3) is 0.368. The predicted molar refractivity (Wildman–Crippen MR) is 98.4 cm³/mol. The van der Waals surface area contributed by atoms with Gasteiger partial charge in [-0.05, 0) is 55.5 Å². The number of nitro benzene ring substituents is 1. The molecular formula is C19H21ClN2O2. The third-order valence-electron chi connectivity index (χ3n) is 4.74. The summed E-state index contributed by atoms with van der Waals surface area (Å²) in [6.07, 6.45) is 6.41. The van der Waals surface area contributed by atoms with Crippen molar-refractivity contribution in [1.29, 1.82) is 0 Å². The summed E-state index contributed by atoms with van der Waals surface area (Å²) < 4.78 is 0. The largest absolute Gasteiger partial charge is 0.354 e. The highest BCUT2D eigenvalue weighted by atomic mass is 35.5. The summed E-state index contributed by atoms with van der Waals surface area (Å²) in [4.78, 5) is 10.5. The second kappa shape index (κ2) is 7.22. The van der Waals surface area contributed by atoms with E-state index in [0.717, 1.165) is 11.4 Å². The van der Waals surface area contributed by atoms with Crippen LogP contribution >= 0.6 is 11.6 Å². The van der Waals surface area contributed by atoms with E-state index in [-0.39, 0.29) is 10.6 Å². The average molecular weight is 345 g/mol. The third-order valence-corrected chi connectivity index (χ3v) is 5.05. The van der Waals surface area contributed by atoms with Crippen molar-refractivity contribution in [1.82, 2.24) is 0 Å². The Hall–Kier alpha value is -2.07. The lowest BCUT2D eigenvalue weighted by Gasteiger charge is -2.22. The number of aryl methyl sites for hydroxylation is 1. The van der Waals surface area contributed by atoms with Crippen molar-refractivity contribution in [2.24, 2.45) is 0 Å². The molecular weight excluding hydrogens is 324 g/mol. The van der Waals surface area contributed by atoms with Crippen LogP contribution in [0, 0.1) is 17.0 Å². The number of benzene rings is 2. The van der Waals surface area contributed by atoms with Gasteiger partial charge in [0, 0.05) is 17.3 Å². The standard InChI is InChI=1S/C19H21ClN2O2/c1-13-11-16(8-10-19(13)22(23)24)21-18-9-7-15(12-17(18)20)14-5-3-2-4-6-14/h7-12,14,21H,2-6H2,1H3. The van der Waals surface area contributed by atoms with Crippen molar-refractivity contribution in [3.63, 3.8) is 0 Å². The van der Waals surface area contributed by atoms with Gasteiger partial charge < -0.3 is 5.32 Å². The minimum absolute atomic E-state index is 0.124. The first-order valence-electron chi connectivity index (χ1n) is 8.36.